The second kappa shape index (κ2) is 5.87. The average molecular weight is 197 g/mol. The van der Waals surface area contributed by atoms with E-state index >= 15 is 0 Å². The molecule has 0 spiro atoms. The molecule has 0 radical (unpaired) electrons. The molecule has 0 rings (SSSR count). The van der Waals surface area contributed by atoms with Gasteiger partial charge in [0.15, 0.2) is 0 Å². The Morgan fingerprint density at radius 1 is 1.14 bits per heavy atom. The van der Waals surface area contributed by atoms with Crippen LogP contribution in [-0.4, -0.2) is 43.6 Å². The van der Waals surface area contributed by atoms with E-state index in [1.165, 1.54) is 0 Å². The third-order valence-electron chi connectivity index (χ3n) is 1.82. The van der Waals surface area contributed by atoms with Crippen LogP contribution in [0.3, 0.4) is 0 Å². The second-order valence-electron chi connectivity index (χ2n) is 5.21. The van der Waals surface area contributed by atoms with E-state index in [9.17, 15) is 0 Å². The first kappa shape index (κ1) is 13.2. The third kappa shape index (κ3) is 7.88. The minimum atomic E-state index is 0.211. The monoisotopic (exact) mass is 197 g/mol. The molecule has 0 unspecified atom stereocenters. The van der Waals surface area contributed by atoms with Crippen LogP contribution in [0, 0.1) is 12.0 Å². The van der Waals surface area contributed by atoms with Gasteiger partial charge in [0.1, 0.15) is 0 Å². The molecule has 0 bridgehead atoms. The molecule has 0 aromatic heterocycles. The molecular formula is C11H23N3. The van der Waals surface area contributed by atoms with Gasteiger partial charge >= 0.3 is 0 Å². The summed E-state index contributed by atoms with van der Waals surface area (Å²) in [6, 6.07) is 0. The van der Waals surface area contributed by atoms with Crippen molar-refractivity contribution in [1.82, 2.24) is 9.91 Å². The number of rotatable bonds is 5. The van der Waals surface area contributed by atoms with Crippen molar-refractivity contribution in [2.24, 2.45) is 5.41 Å². The van der Waals surface area contributed by atoms with Gasteiger partial charge in [-0.3, -0.25) is 0 Å². The van der Waals surface area contributed by atoms with Gasteiger partial charge in [0.25, 0.3) is 0 Å². The molecule has 0 aromatic rings. The molecule has 0 aliphatic rings. The summed E-state index contributed by atoms with van der Waals surface area (Å²) in [5.74, 6) is 0. The van der Waals surface area contributed by atoms with Gasteiger partial charge in [0.05, 0.1) is 13.1 Å². The molecule has 82 valence electrons. The fourth-order valence-electron chi connectivity index (χ4n) is 1.28. The minimum Gasteiger partial charge on any atom is -0.309 e. The Morgan fingerprint density at radius 3 is 2.07 bits per heavy atom. The van der Waals surface area contributed by atoms with Gasteiger partial charge in [0, 0.05) is 0 Å². The zero-order chi connectivity index (χ0) is 11.2. The fraction of sp³-hybridized carbons (Fsp3) is 0.909. The molecule has 0 aromatic carbocycles. The molecule has 0 aliphatic carbocycles. The smallest absolute Gasteiger partial charge is 0.0908 e. The van der Waals surface area contributed by atoms with E-state index in [-0.39, 0.29) is 5.41 Å². The van der Waals surface area contributed by atoms with Gasteiger partial charge in [-0.2, -0.15) is 11.5 Å². The van der Waals surface area contributed by atoms with Crippen molar-refractivity contribution in [3.05, 3.63) is 11.5 Å². The van der Waals surface area contributed by atoms with E-state index in [0.29, 0.717) is 0 Å². The Hall–Kier alpha value is -0.750. The van der Waals surface area contributed by atoms with E-state index < -0.39 is 0 Å². The molecule has 3 nitrogen and oxygen atoms in total. The minimum absolute atomic E-state index is 0.211. The SMILES string of the molecule is [C-]#[N+]N(CCCN(C)C)CC(C)(C)C. The van der Waals surface area contributed by atoms with E-state index in [4.69, 9.17) is 6.57 Å². The van der Waals surface area contributed by atoms with Crippen LogP contribution in [0.5, 0.6) is 0 Å². The lowest BCUT2D eigenvalue weighted by Crippen LogP contribution is -2.29. The standard InChI is InChI=1S/C11H23N3/c1-11(2,3)10-14(12-4)9-7-8-13(5)6/h7-10H2,1-3,5-6H3. The highest BCUT2D eigenvalue weighted by molar-refractivity contribution is 4.71. The molecule has 3 heteroatoms. The lowest BCUT2D eigenvalue weighted by atomic mass is 9.97. The van der Waals surface area contributed by atoms with E-state index in [1.807, 2.05) is 5.01 Å². The number of nitrogens with zero attached hydrogens (tertiary/aromatic N) is 3. The first-order valence-electron chi connectivity index (χ1n) is 5.12. The molecule has 0 heterocycles. The van der Waals surface area contributed by atoms with Crippen LogP contribution in [0.2, 0.25) is 0 Å². The maximum atomic E-state index is 7.06. The van der Waals surface area contributed by atoms with Crippen LogP contribution in [0.25, 0.3) is 4.95 Å². The fourth-order valence-corrected chi connectivity index (χ4v) is 1.28. The predicted octanol–water partition coefficient (Wildman–Crippen LogP) is 2.12. The van der Waals surface area contributed by atoms with Crippen LogP contribution in [0.15, 0.2) is 0 Å². The Kier molecular flexibility index (Phi) is 5.56. The topological polar surface area (TPSA) is 10.8 Å². The lowest BCUT2D eigenvalue weighted by Gasteiger charge is -2.21. The zero-order valence-electron chi connectivity index (χ0n) is 10.2. The molecule has 0 N–H and O–H groups in total. The summed E-state index contributed by atoms with van der Waals surface area (Å²) in [6.45, 7) is 16.3. The van der Waals surface area contributed by atoms with Crippen LogP contribution in [-0.2, 0) is 0 Å². The summed E-state index contributed by atoms with van der Waals surface area (Å²) in [5, 5.41) is 1.84. The average Bonchev–Trinajstić information content (AvgIpc) is 1.99. The van der Waals surface area contributed by atoms with Crippen LogP contribution in [0.4, 0.5) is 0 Å². The molecule has 0 atom stereocenters. The van der Waals surface area contributed by atoms with Crippen LogP contribution >= 0.6 is 0 Å². The Morgan fingerprint density at radius 2 is 1.71 bits per heavy atom. The van der Waals surface area contributed by atoms with E-state index in [1.54, 1.807) is 0 Å². The largest absolute Gasteiger partial charge is 0.309 e. The molecular weight excluding hydrogens is 174 g/mol. The summed E-state index contributed by atoms with van der Waals surface area (Å²) < 4.78 is 0. The molecule has 0 saturated heterocycles. The highest BCUT2D eigenvalue weighted by Crippen LogP contribution is 2.15. The van der Waals surface area contributed by atoms with E-state index in [0.717, 1.165) is 26.1 Å². The van der Waals surface area contributed by atoms with Gasteiger partial charge in [-0.05, 0) is 32.5 Å². The van der Waals surface area contributed by atoms with Crippen LogP contribution < -0.4 is 0 Å². The Bertz CT molecular complexity index is 186. The van der Waals surface area contributed by atoms with Gasteiger partial charge < -0.3 is 4.90 Å². The summed E-state index contributed by atoms with van der Waals surface area (Å²) >= 11 is 0. The Balaban J connectivity index is 3.77. The maximum absolute atomic E-state index is 7.06. The molecule has 0 saturated carbocycles. The number of hydrogen-bond acceptors (Lipinski definition) is 2. The highest BCUT2D eigenvalue weighted by atomic mass is 15.4. The van der Waals surface area contributed by atoms with Crippen molar-refractivity contribution < 1.29 is 0 Å². The molecule has 0 fully saturated rings. The molecule has 0 aliphatic heterocycles. The summed E-state index contributed by atoms with van der Waals surface area (Å²) in [4.78, 5) is 5.69. The maximum Gasteiger partial charge on any atom is 0.0908 e. The highest BCUT2D eigenvalue weighted by Gasteiger charge is 2.18. The van der Waals surface area contributed by atoms with Gasteiger partial charge in [0.2, 0.25) is 0 Å². The van der Waals surface area contributed by atoms with Crippen molar-refractivity contribution in [3.63, 3.8) is 0 Å². The van der Waals surface area contributed by atoms with Crippen LogP contribution in [0.1, 0.15) is 27.2 Å². The number of hydrogen-bond donors (Lipinski definition) is 0. The van der Waals surface area contributed by atoms with Crippen molar-refractivity contribution in [3.8, 4) is 0 Å². The third-order valence-corrected chi connectivity index (χ3v) is 1.82. The van der Waals surface area contributed by atoms with Gasteiger partial charge in [-0.1, -0.05) is 20.8 Å². The predicted molar refractivity (Wildman–Crippen MR) is 60.8 cm³/mol. The second-order valence-corrected chi connectivity index (χ2v) is 5.21. The molecule has 0 amide bonds. The van der Waals surface area contributed by atoms with Gasteiger partial charge in [-0.25, -0.2) is 0 Å². The summed E-state index contributed by atoms with van der Waals surface area (Å²) in [7, 11) is 4.12. The first-order chi connectivity index (χ1) is 6.35. The van der Waals surface area contributed by atoms with Crippen molar-refractivity contribution in [2.75, 3.05) is 33.7 Å². The van der Waals surface area contributed by atoms with E-state index in [2.05, 4.69) is 44.7 Å². The first-order valence-corrected chi connectivity index (χ1v) is 5.12. The van der Waals surface area contributed by atoms with Crippen molar-refractivity contribution in [1.29, 1.82) is 0 Å². The lowest BCUT2D eigenvalue weighted by molar-refractivity contribution is 0.237. The normalized spacial score (nSPS) is 11.5. The summed E-state index contributed by atoms with van der Waals surface area (Å²) in [6.07, 6.45) is 1.06. The van der Waals surface area contributed by atoms with Crippen molar-refractivity contribution >= 4 is 0 Å². The van der Waals surface area contributed by atoms with Crippen molar-refractivity contribution in [2.45, 2.75) is 27.2 Å². The quantitative estimate of drug-likeness (QED) is 0.494. The van der Waals surface area contributed by atoms with Gasteiger partial charge in [-0.15, -0.1) is 5.01 Å². The zero-order valence-corrected chi connectivity index (χ0v) is 10.2. The Labute approximate surface area is 88.5 Å². The summed E-state index contributed by atoms with van der Waals surface area (Å²) in [5.41, 5.74) is 0.211. The molecule has 14 heavy (non-hydrogen) atoms.